The molecule has 59 heavy (non-hydrogen) atoms. The number of unbranched alkanes of at least 4 members (excludes halogenated alkanes) is 35. The number of carbonyl (C=O) groups excluding carboxylic acids is 2. The van der Waals surface area contributed by atoms with Crippen molar-refractivity contribution in [2.24, 2.45) is 0 Å². The number of esters is 1. The summed E-state index contributed by atoms with van der Waals surface area (Å²) in [6.07, 6.45) is 57.6. The monoisotopic (exact) mass is 832 g/mol. The van der Waals surface area contributed by atoms with Gasteiger partial charge in [-0.1, -0.05) is 237 Å². The third-order valence-electron chi connectivity index (χ3n) is 12.0. The quantitative estimate of drug-likeness (QED) is 0.0322. The van der Waals surface area contributed by atoms with Gasteiger partial charge in [0.15, 0.2) is 0 Å². The third kappa shape index (κ3) is 45.7. The largest absolute Gasteiger partial charge is 0.466 e. The highest BCUT2D eigenvalue weighted by atomic mass is 16.5. The van der Waals surface area contributed by atoms with E-state index in [1.165, 1.54) is 180 Å². The molecule has 0 aliphatic rings. The molecule has 0 heterocycles. The molecule has 0 aromatic rings. The standard InChI is InChI=1S/C53H101NO5/c1-3-5-7-9-11-13-15-17-19-20-21-22-23-24-26-29-33-37-41-45-51(56)50(49-55)54-52(57)46-42-38-34-30-28-32-36-40-44-48-59-53(58)47-43-39-35-31-27-25-18-16-14-12-10-8-6-4-2/h30,34,41,45,50-51,55-56H,3-29,31-33,35-40,42-44,46-49H2,1-2H3,(H,54,57)/b34-30-,45-41+. The van der Waals surface area contributed by atoms with Crippen molar-refractivity contribution in [2.75, 3.05) is 13.2 Å². The first-order chi connectivity index (χ1) is 29.0. The summed E-state index contributed by atoms with van der Waals surface area (Å²) in [5, 5.41) is 23.0. The Morgan fingerprint density at radius 2 is 0.814 bits per heavy atom. The van der Waals surface area contributed by atoms with Gasteiger partial charge in [-0.05, 0) is 51.4 Å². The van der Waals surface area contributed by atoms with Gasteiger partial charge in [0.05, 0.1) is 25.4 Å². The van der Waals surface area contributed by atoms with Crippen molar-refractivity contribution in [3.8, 4) is 0 Å². The molecule has 0 radical (unpaired) electrons. The van der Waals surface area contributed by atoms with Gasteiger partial charge in [0.25, 0.3) is 0 Å². The summed E-state index contributed by atoms with van der Waals surface area (Å²) in [4.78, 5) is 24.4. The Bertz CT molecular complexity index is 920. The molecule has 6 heteroatoms. The van der Waals surface area contributed by atoms with Gasteiger partial charge in [0, 0.05) is 12.8 Å². The summed E-state index contributed by atoms with van der Waals surface area (Å²) < 4.78 is 5.44. The Hall–Kier alpha value is -1.66. The minimum absolute atomic E-state index is 0.0357. The van der Waals surface area contributed by atoms with Crippen molar-refractivity contribution in [1.29, 1.82) is 0 Å². The molecule has 0 aromatic heterocycles. The predicted octanol–water partition coefficient (Wildman–Crippen LogP) is 15.5. The van der Waals surface area contributed by atoms with Crippen molar-refractivity contribution >= 4 is 11.9 Å². The molecular formula is C53H101NO5. The molecule has 0 saturated carbocycles. The first-order valence-electron chi connectivity index (χ1n) is 26.1. The Morgan fingerprint density at radius 1 is 0.458 bits per heavy atom. The summed E-state index contributed by atoms with van der Waals surface area (Å²) in [5.74, 6) is -0.162. The molecule has 0 bridgehead atoms. The number of rotatable bonds is 48. The second-order valence-electron chi connectivity index (χ2n) is 17.9. The molecule has 0 aliphatic heterocycles. The molecule has 0 spiro atoms. The van der Waals surface area contributed by atoms with Crippen molar-refractivity contribution in [3.05, 3.63) is 24.3 Å². The maximum Gasteiger partial charge on any atom is 0.305 e. The SMILES string of the molecule is CCCCCCCCCCCCCCCCCCC/C=C/C(O)C(CO)NC(=O)CCC/C=C\CCCCCCOC(=O)CCCCCCCCCCCCCCCC. The van der Waals surface area contributed by atoms with E-state index in [-0.39, 0.29) is 18.5 Å². The molecule has 0 fully saturated rings. The normalized spacial score (nSPS) is 12.8. The number of hydrogen-bond donors (Lipinski definition) is 3. The fourth-order valence-electron chi connectivity index (χ4n) is 7.93. The maximum atomic E-state index is 12.4. The van der Waals surface area contributed by atoms with Crippen LogP contribution in [-0.2, 0) is 14.3 Å². The summed E-state index contributed by atoms with van der Waals surface area (Å²) in [7, 11) is 0. The zero-order valence-electron chi connectivity index (χ0n) is 39.5. The lowest BCUT2D eigenvalue weighted by atomic mass is 10.0. The van der Waals surface area contributed by atoms with Crippen LogP contribution < -0.4 is 5.32 Å². The summed E-state index contributed by atoms with van der Waals surface area (Å²) in [5.41, 5.74) is 0. The molecule has 3 N–H and O–H groups in total. The van der Waals surface area contributed by atoms with Gasteiger partial charge in [-0.15, -0.1) is 0 Å². The predicted molar refractivity (Wildman–Crippen MR) is 255 cm³/mol. The van der Waals surface area contributed by atoms with E-state index in [0.717, 1.165) is 70.6 Å². The summed E-state index contributed by atoms with van der Waals surface area (Å²) in [6.45, 7) is 4.82. The number of carbonyl (C=O) groups is 2. The molecule has 0 aliphatic carbocycles. The minimum Gasteiger partial charge on any atom is -0.466 e. The van der Waals surface area contributed by atoms with Gasteiger partial charge in [-0.25, -0.2) is 0 Å². The van der Waals surface area contributed by atoms with Crippen molar-refractivity contribution in [1.82, 2.24) is 5.32 Å². The number of nitrogens with one attached hydrogen (secondary N) is 1. The molecule has 0 aromatic carbocycles. The molecule has 2 atom stereocenters. The molecule has 2 unspecified atom stereocenters. The first-order valence-corrected chi connectivity index (χ1v) is 26.1. The number of hydrogen-bond acceptors (Lipinski definition) is 5. The van der Waals surface area contributed by atoms with E-state index in [2.05, 4.69) is 31.3 Å². The van der Waals surface area contributed by atoms with Gasteiger partial charge < -0.3 is 20.3 Å². The highest BCUT2D eigenvalue weighted by molar-refractivity contribution is 5.76. The molecule has 0 saturated heterocycles. The van der Waals surface area contributed by atoms with Crippen molar-refractivity contribution in [2.45, 2.75) is 289 Å². The smallest absolute Gasteiger partial charge is 0.305 e. The van der Waals surface area contributed by atoms with E-state index >= 15 is 0 Å². The van der Waals surface area contributed by atoms with Crippen LogP contribution in [0.25, 0.3) is 0 Å². The van der Waals surface area contributed by atoms with E-state index < -0.39 is 12.1 Å². The van der Waals surface area contributed by atoms with E-state index in [1.54, 1.807) is 6.08 Å². The number of ether oxygens (including phenoxy) is 1. The molecule has 1 amide bonds. The van der Waals surface area contributed by atoms with Crippen LogP contribution in [0, 0.1) is 0 Å². The average Bonchev–Trinajstić information content (AvgIpc) is 3.24. The fourth-order valence-corrected chi connectivity index (χ4v) is 7.93. The lowest BCUT2D eigenvalue weighted by Gasteiger charge is -2.19. The molecular weight excluding hydrogens is 731 g/mol. The molecule has 348 valence electrons. The lowest BCUT2D eigenvalue weighted by Crippen LogP contribution is -2.45. The maximum absolute atomic E-state index is 12.4. The zero-order valence-corrected chi connectivity index (χ0v) is 39.5. The summed E-state index contributed by atoms with van der Waals surface area (Å²) >= 11 is 0. The van der Waals surface area contributed by atoms with Gasteiger partial charge in [-0.3, -0.25) is 9.59 Å². The van der Waals surface area contributed by atoms with Crippen molar-refractivity contribution < 1.29 is 24.5 Å². The Labute approximate surface area is 367 Å². The highest BCUT2D eigenvalue weighted by Gasteiger charge is 2.17. The lowest BCUT2D eigenvalue weighted by molar-refractivity contribution is -0.143. The Balaban J connectivity index is 3.57. The topological polar surface area (TPSA) is 95.9 Å². The Morgan fingerprint density at radius 3 is 1.24 bits per heavy atom. The minimum atomic E-state index is -0.875. The highest BCUT2D eigenvalue weighted by Crippen LogP contribution is 2.16. The number of allylic oxidation sites excluding steroid dienone is 3. The summed E-state index contributed by atoms with van der Waals surface area (Å²) in [6, 6.07) is -0.665. The van der Waals surface area contributed by atoms with Crippen LogP contribution in [0.15, 0.2) is 24.3 Å². The number of aliphatic hydroxyl groups is 2. The van der Waals surface area contributed by atoms with Crippen molar-refractivity contribution in [3.63, 3.8) is 0 Å². The third-order valence-corrected chi connectivity index (χ3v) is 12.0. The van der Waals surface area contributed by atoms with Crippen LogP contribution in [0.2, 0.25) is 0 Å². The van der Waals surface area contributed by atoms with Gasteiger partial charge >= 0.3 is 5.97 Å². The van der Waals surface area contributed by atoms with Crippen LogP contribution in [0.4, 0.5) is 0 Å². The molecule has 0 rings (SSSR count). The van der Waals surface area contributed by atoms with Crippen LogP contribution in [0.1, 0.15) is 277 Å². The van der Waals surface area contributed by atoms with Crippen LogP contribution in [-0.4, -0.2) is 47.4 Å². The van der Waals surface area contributed by atoms with Crippen LogP contribution in [0.3, 0.4) is 0 Å². The van der Waals surface area contributed by atoms with Gasteiger partial charge in [0.2, 0.25) is 5.91 Å². The second-order valence-corrected chi connectivity index (χ2v) is 17.9. The number of amides is 1. The Kier molecular flexibility index (Phi) is 47.6. The first kappa shape index (κ1) is 57.3. The van der Waals surface area contributed by atoms with E-state index in [1.807, 2.05) is 6.08 Å². The van der Waals surface area contributed by atoms with Crippen LogP contribution >= 0.6 is 0 Å². The van der Waals surface area contributed by atoms with Gasteiger partial charge in [-0.2, -0.15) is 0 Å². The second kappa shape index (κ2) is 49.0. The number of aliphatic hydroxyl groups excluding tert-OH is 2. The average molecular weight is 832 g/mol. The van der Waals surface area contributed by atoms with Gasteiger partial charge in [0.1, 0.15) is 0 Å². The van der Waals surface area contributed by atoms with E-state index in [9.17, 15) is 19.8 Å². The van der Waals surface area contributed by atoms with Crippen LogP contribution in [0.5, 0.6) is 0 Å². The zero-order chi connectivity index (χ0) is 43.0. The van der Waals surface area contributed by atoms with E-state index in [4.69, 9.17) is 4.74 Å². The molecule has 6 nitrogen and oxygen atoms in total. The fraction of sp³-hybridized carbons (Fsp3) is 0.887. The van der Waals surface area contributed by atoms with E-state index in [0.29, 0.717) is 19.4 Å².